The van der Waals surface area contributed by atoms with Gasteiger partial charge in [0.2, 0.25) is 0 Å². The molecule has 130 valence electrons. The highest BCUT2D eigenvalue weighted by molar-refractivity contribution is 6.30. The molecule has 0 bridgehead atoms. The van der Waals surface area contributed by atoms with Crippen LogP contribution < -0.4 is 10.6 Å². The molecular formula is C18H30ClN3O. The Morgan fingerprint density at radius 2 is 1.91 bits per heavy atom. The molecular weight excluding hydrogens is 310 g/mol. The van der Waals surface area contributed by atoms with E-state index in [4.69, 9.17) is 21.7 Å². The Bertz CT molecular complexity index is 456. The van der Waals surface area contributed by atoms with Crippen LogP contribution in [0, 0.1) is 5.92 Å². The minimum atomic E-state index is 0.146. The van der Waals surface area contributed by atoms with Crippen molar-refractivity contribution in [1.29, 1.82) is 0 Å². The van der Waals surface area contributed by atoms with Crippen LogP contribution in [0.15, 0.2) is 29.3 Å². The molecule has 1 rings (SSSR count). The Labute approximate surface area is 145 Å². The molecule has 23 heavy (non-hydrogen) atoms. The molecule has 0 spiro atoms. The van der Waals surface area contributed by atoms with Crippen LogP contribution in [-0.2, 0) is 0 Å². The highest BCUT2D eigenvalue weighted by atomic mass is 35.5. The van der Waals surface area contributed by atoms with E-state index in [1.54, 1.807) is 0 Å². The van der Waals surface area contributed by atoms with Crippen LogP contribution in [0.2, 0.25) is 5.02 Å². The lowest BCUT2D eigenvalue weighted by Gasteiger charge is -2.19. The van der Waals surface area contributed by atoms with Crippen molar-refractivity contribution in [1.82, 2.24) is 10.6 Å². The summed E-state index contributed by atoms with van der Waals surface area (Å²) < 4.78 is 0. The number of aliphatic hydroxyl groups is 1. The van der Waals surface area contributed by atoms with Crippen molar-refractivity contribution in [3.8, 4) is 0 Å². The Morgan fingerprint density at radius 3 is 2.48 bits per heavy atom. The number of aliphatic imine (C=N–C) groups is 1. The molecule has 0 aliphatic rings. The summed E-state index contributed by atoms with van der Waals surface area (Å²) in [5.74, 6) is 1.25. The third-order valence-electron chi connectivity index (χ3n) is 3.81. The van der Waals surface area contributed by atoms with E-state index >= 15 is 0 Å². The second-order valence-corrected chi connectivity index (χ2v) is 6.24. The van der Waals surface area contributed by atoms with Crippen LogP contribution in [0.3, 0.4) is 0 Å². The standard InChI is InChI=1S/C18H30ClN3O/c1-4-6-15(11-12-23)13-21-18(20-5-2)22-14(3)16-7-9-17(19)10-8-16/h7-10,14-15,23H,4-6,11-13H2,1-3H3,(H2,20,21,22). The molecule has 1 aromatic rings. The Hall–Kier alpha value is -1.26. The number of guanidine groups is 1. The number of benzene rings is 1. The SMILES string of the molecule is CCCC(CCO)CN=C(NCC)NC(C)c1ccc(Cl)cc1. The number of nitrogens with zero attached hydrogens (tertiary/aromatic N) is 1. The normalized spacial score (nSPS) is 14.4. The van der Waals surface area contributed by atoms with Gasteiger partial charge in [-0.25, -0.2) is 0 Å². The van der Waals surface area contributed by atoms with E-state index in [0.29, 0.717) is 5.92 Å². The highest BCUT2D eigenvalue weighted by Gasteiger charge is 2.10. The van der Waals surface area contributed by atoms with Gasteiger partial charge in [0.1, 0.15) is 0 Å². The van der Waals surface area contributed by atoms with E-state index < -0.39 is 0 Å². The summed E-state index contributed by atoms with van der Waals surface area (Å²) in [6, 6.07) is 7.99. The molecule has 0 radical (unpaired) electrons. The van der Waals surface area contributed by atoms with Gasteiger partial charge in [-0.1, -0.05) is 37.1 Å². The molecule has 0 saturated heterocycles. The summed E-state index contributed by atoms with van der Waals surface area (Å²) in [6.07, 6.45) is 3.02. The van der Waals surface area contributed by atoms with Crippen molar-refractivity contribution in [2.24, 2.45) is 10.9 Å². The third-order valence-corrected chi connectivity index (χ3v) is 4.06. The molecule has 3 N–H and O–H groups in total. The van der Waals surface area contributed by atoms with Crippen molar-refractivity contribution < 1.29 is 5.11 Å². The van der Waals surface area contributed by atoms with Gasteiger partial charge in [0, 0.05) is 24.7 Å². The van der Waals surface area contributed by atoms with Gasteiger partial charge in [0.05, 0.1) is 6.04 Å². The number of rotatable bonds is 9. The third kappa shape index (κ3) is 7.71. The van der Waals surface area contributed by atoms with Crippen molar-refractivity contribution >= 4 is 17.6 Å². The number of halogens is 1. The van der Waals surface area contributed by atoms with Crippen LogP contribution in [0.4, 0.5) is 0 Å². The summed E-state index contributed by atoms with van der Waals surface area (Å²) in [6.45, 7) is 8.11. The van der Waals surface area contributed by atoms with E-state index in [2.05, 4.69) is 31.4 Å². The average molecular weight is 340 g/mol. The number of hydrogen-bond donors (Lipinski definition) is 3. The van der Waals surface area contributed by atoms with E-state index in [1.165, 1.54) is 5.56 Å². The first-order chi connectivity index (χ1) is 11.1. The fourth-order valence-electron chi connectivity index (χ4n) is 2.50. The molecule has 2 atom stereocenters. The minimum absolute atomic E-state index is 0.146. The highest BCUT2D eigenvalue weighted by Crippen LogP contribution is 2.16. The Morgan fingerprint density at radius 1 is 1.22 bits per heavy atom. The smallest absolute Gasteiger partial charge is 0.191 e. The molecule has 0 amide bonds. The van der Waals surface area contributed by atoms with Crippen LogP contribution in [0.5, 0.6) is 0 Å². The molecule has 0 aliphatic heterocycles. The number of hydrogen-bond acceptors (Lipinski definition) is 2. The molecule has 0 aromatic heterocycles. The molecule has 0 aliphatic carbocycles. The molecule has 2 unspecified atom stereocenters. The van der Waals surface area contributed by atoms with E-state index in [1.807, 2.05) is 24.3 Å². The van der Waals surface area contributed by atoms with Crippen LogP contribution in [0.1, 0.15) is 51.6 Å². The molecule has 0 heterocycles. The van der Waals surface area contributed by atoms with Crippen LogP contribution in [0.25, 0.3) is 0 Å². The number of aliphatic hydroxyl groups excluding tert-OH is 1. The van der Waals surface area contributed by atoms with Crippen LogP contribution in [-0.4, -0.2) is 30.8 Å². The van der Waals surface area contributed by atoms with Gasteiger partial charge in [-0.05, 0) is 50.3 Å². The zero-order valence-corrected chi connectivity index (χ0v) is 15.2. The quantitative estimate of drug-likeness (QED) is 0.474. The topological polar surface area (TPSA) is 56.7 Å². The van der Waals surface area contributed by atoms with Gasteiger partial charge < -0.3 is 15.7 Å². The van der Waals surface area contributed by atoms with Crippen LogP contribution >= 0.6 is 11.6 Å². The maximum Gasteiger partial charge on any atom is 0.191 e. The summed E-state index contributed by atoms with van der Waals surface area (Å²) in [4.78, 5) is 4.69. The lowest BCUT2D eigenvalue weighted by molar-refractivity contribution is 0.253. The van der Waals surface area contributed by atoms with E-state index in [9.17, 15) is 0 Å². The first-order valence-electron chi connectivity index (χ1n) is 8.51. The second kappa shape index (κ2) is 11.3. The zero-order valence-electron chi connectivity index (χ0n) is 14.5. The Kier molecular flexibility index (Phi) is 9.72. The lowest BCUT2D eigenvalue weighted by Crippen LogP contribution is -2.39. The van der Waals surface area contributed by atoms with Gasteiger partial charge >= 0.3 is 0 Å². The van der Waals surface area contributed by atoms with Crippen molar-refractivity contribution in [2.45, 2.75) is 46.1 Å². The van der Waals surface area contributed by atoms with E-state index in [0.717, 1.165) is 43.3 Å². The average Bonchev–Trinajstić information content (AvgIpc) is 2.53. The van der Waals surface area contributed by atoms with Gasteiger partial charge in [-0.3, -0.25) is 4.99 Å². The second-order valence-electron chi connectivity index (χ2n) is 5.80. The fraction of sp³-hybridized carbons (Fsp3) is 0.611. The predicted octanol–water partition coefficient (Wildman–Crippen LogP) is 3.75. The molecule has 0 fully saturated rings. The predicted molar refractivity (Wildman–Crippen MR) is 99.1 cm³/mol. The lowest BCUT2D eigenvalue weighted by atomic mass is 10.0. The summed E-state index contributed by atoms with van der Waals surface area (Å²) in [5.41, 5.74) is 1.17. The first kappa shape index (κ1) is 19.8. The zero-order chi connectivity index (χ0) is 17.1. The summed E-state index contributed by atoms with van der Waals surface area (Å²) >= 11 is 5.94. The molecule has 5 heteroatoms. The maximum absolute atomic E-state index is 9.16. The van der Waals surface area contributed by atoms with Crippen molar-refractivity contribution in [3.05, 3.63) is 34.9 Å². The van der Waals surface area contributed by atoms with E-state index in [-0.39, 0.29) is 12.6 Å². The van der Waals surface area contributed by atoms with Gasteiger partial charge in [0.15, 0.2) is 5.96 Å². The monoisotopic (exact) mass is 339 g/mol. The molecule has 4 nitrogen and oxygen atoms in total. The summed E-state index contributed by atoms with van der Waals surface area (Å²) in [7, 11) is 0. The van der Waals surface area contributed by atoms with Crippen molar-refractivity contribution in [3.63, 3.8) is 0 Å². The first-order valence-corrected chi connectivity index (χ1v) is 8.89. The van der Waals surface area contributed by atoms with Gasteiger partial charge in [0.25, 0.3) is 0 Å². The van der Waals surface area contributed by atoms with Gasteiger partial charge in [-0.2, -0.15) is 0 Å². The Balaban J connectivity index is 2.68. The molecule has 0 saturated carbocycles. The van der Waals surface area contributed by atoms with Gasteiger partial charge in [-0.15, -0.1) is 0 Å². The largest absolute Gasteiger partial charge is 0.396 e. The fourth-order valence-corrected chi connectivity index (χ4v) is 2.62. The van der Waals surface area contributed by atoms with Crippen molar-refractivity contribution in [2.75, 3.05) is 19.7 Å². The maximum atomic E-state index is 9.16. The molecule has 1 aromatic carbocycles. The summed E-state index contributed by atoms with van der Waals surface area (Å²) in [5, 5.41) is 16.6. The number of nitrogens with one attached hydrogen (secondary N) is 2. The minimum Gasteiger partial charge on any atom is -0.396 e.